The van der Waals surface area contributed by atoms with Gasteiger partial charge in [0.1, 0.15) is 12.4 Å². The van der Waals surface area contributed by atoms with Crippen LogP contribution < -0.4 is 11.1 Å². The molecule has 2 aromatic carbocycles. The molecule has 0 bridgehead atoms. The van der Waals surface area contributed by atoms with Crippen LogP contribution in [0, 0.1) is 11.3 Å². The zero-order valence-electron chi connectivity index (χ0n) is 19.5. The molecule has 1 aliphatic rings. The minimum absolute atomic E-state index is 0. The summed E-state index contributed by atoms with van der Waals surface area (Å²) in [7, 11) is 0. The van der Waals surface area contributed by atoms with Gasteiger partial charge >= 0.3 is 6.09 Å². The van der Waals surface area contributed by atoms with Gasteiger partial charge in [-0.15, -0.1) is 0 Å². The lowest BCUT2D eigenvalue weighted by Crippen LogP contribution is -2.35. The maximum Gasteiger partial charge on any atom is 0.407 e. The number of hydrogen-bond acceptors (Lipinski definition) is 4. The van der Waals surface area contributed by atoms with Crippen molar-refractivity contribution in [2.24, 2.45) is 17.1 Å². The number of nitrogens with two attached hydrogens (primary N) is 1. The van der Waals surface area contributed by atoms with Gasteiger partial charge in [0.2, 0.25) is 5.91 Å². The van der Waals surface area contributed by atoms with E-state index in [0.29, 0.717) is 19.4 Å². The van der Waals surface area contributed by atoms with Crippen molar-refractivity contribution in [2.45, 2.75) is 46.0 Å². The second-order valence-corrected chi connectivity index (χ2v) is 9.19. The quantitative estimate of drug-likeness (QED) is 0.499. The van der Waals surface area contributed by atoms with Crippen LogP contribution in [0.2, 0.25) is 0 Å². The fourth-order valence-electron chi connectivity index (χ4n) is 4.11. The van der Waals surface area contributed by atoms with E-state index in [9.17, 15) is 14.4 Å². The molecule has 178 valence electrons. The van der Waals surface area contributed by atoms with E-state index < -0.39 is 17.4 Å². The maximum atomic E-state index is 12.3. The van der Waals surface area contributed by atoms with Gasteiger partial charge in [-0.1, -0.05) is 69.3 Å². The predicted octanol–water partition coefficient (Wildman–Crippen LogP) is 4.52. The normalized spacial score (nSPS) is 13.3. The van der Waals surface area contributed by atoms with E-state index in [0.717, 1.165) is 0 Å². The molecular weight excluding hydrogens is 436 g/mol. The van der Waals surface area contributed by atoms with Crippen LogP contribution in [-0.4, -0.2) is 30.9 Å². The van der Waals surface area contributed by atoms with Gasteiger partial charge in [-0.3, -0.25) is 9.59 Å². The highest BCUT2D eigenvalue weighted by Crippen LogP contribution is 2.44. The molecule has 2 amide bonds. The molecule has 0 heterocycles. The molecule has 6 nitrogen and oxygen atoms in total. The van der Waals surface area contributed by atoms with Crippen molar-refractivity contribution in [3.8, 4) is 11.1 Å². The minimum atomic E-state index is -0.842. The lowest BCUT2D eigenvalue weighted by atomic mass is 9.82. The first-order valence-electron chi connectivity index (χ1n) is 11.1. The summed E-state index contributed by atoms with van der Waals surface area (Å²) in [5, 5.41) is 2.77. The van der Waals surface area contributed by atoms with Crippen molar-refractivity contribution in [1.82, 2.24) is 5.32 Å². The Hall–Kier alpha value is -2.80. The van der Waals surface area contributed by atoms with Crippen LogP contribution in [0.3, 0.4) is 0 Å². The molecule has 2 aromatic rings. The highest BCUT2D eigenvalue weighted by Gasteiger charge is 2.30. The van der Waals surface area contributed by atoms with Crippen LogP contribution in [0.15, 0.2) is 48.5 Å². The molecule has 0 aromatic heterocycles. The standard InChI is InChI=1S/C26H32N2O4.H2S/c1-17(23(29)15-26(2,3)24(27)30)9-8-14-28-25(31)32-16-22-20-12-6-4-10-18(20)19-11-5-7-13-21(19)22;/h4-7,10-13,17,22H,8-9,14-16H2,1-3H3,(H2,27,30)(H,28,31);1H2/t17-;/m0./s1. The van der Waals surface area contributed by atoms with E-state index in [2.05, 4.69) is 29.6 Å². The average molecular weight is 471 g/mol. The predicted molar refractivity (Wildman–Crippen MR) is 134 cm³/mol. The molecule has 0 radical (unpaired) electrons. The highest BCUT2D eigenvalue weighted by molar-refractivity contribution is 7.59. The number of carbonyl (C=O) groups excluding carboxylic acids is 3. The first kappa shape index (κ1) is 26.5. The highest BCUT2D eigenvalue weighted by atomic mass is 32.1. The van der Waals surface area contributed by atoms with Crippen molar-refractivity contribution < 1.29 is 19.1 Å². The Morgan fingerprint density at radius 1 is 1.03 bits per heavy atom. The van der Waals surface area contributed by atoms with Gasteiger partial charge in [0.05, 0.1) is 5.41 Å². The van der Waals surface area contributed by atoms with Gasteiger partial charge in [-0.2, -0.15) is 13.5 Å². The SMILES string of the molecule is C[C@@H](CCCNC(=O)OCC1c2ccccc2-c2ccccc21)C(=O)CC(C)(C)C(N)=O.S. The third kappa shape index (κ3) is 6.38. The number of hydrogen-bond donors (Lipinski definition) is 2. The molecule has 1 aliphatic carbocycles. The van der Waals surface area contributed by atoms with E-state index in [4.69, 9.17) is 10.5 Å². The minimum Gasteiger partial charge on any atom is -0.449 e. The molecule has 0 saturated heterocycles. The van der Waals surface area contributed by atoms with Gasteiger partial charge < -0.3 is 15.8 Å². The summed E-state index contributed by atoms with van der Waals surface area (Å²) < 4.78 is 5.52. The molecule has 3 N–H and O–H groups in total. The third-order valence-corrected chi connectivity index (χ3v) is 6.26. The average Bonchev–Trinajstić information content (AvgIpc) is 3.08. The third-order valence-electron chi connectivity index (χ3n) is 6.26. The number of Topliss-reactive ketones (excluding diaryl/α,β-unsaturated/α-hetero) is 1. The Labute approximate surface area is 202 Å². The number of amides is 2. The summed E-state index contributed by atoms with van der Waals surface area (Å²) in [4.78, 5) is 36.0. The van der Waals surface area contributed by atoms with Crippen molar-refractivity contribution in [2.75, 3.05) is 13.2 Å². The van der Waals surface area contributed by atoms with E-state index in [1.807, 2.05) is 31.2 Å². The topological polar surface area (TPSA) is 98.5 Å². The molecular formula is C26H34N2O4S. The van der Waals surface area contributed by atoms with Gasteiger partial charge in [-0.25, -0.2) is 4.79 Å². The summed E-state index contributed by atoms with van der Waals surface area (Å²) in [5.41, 5.74) is 9.23. The van der Waals surface area contributed by atoms with Crippen LogP contribution in [0.4, 0.5) is 4.79 Å². The fourth-order valence-corrected chi connectivity index (χ4v) is 4.11. The largest absolute Gasteiger partial charge is 0.449 e. The number of fused-ring (bicyclic) bond motifs is 3. The number of rotatable bonds is 10. The zero-order chi connectivity index (χ0) is 23.3. The second kappa shape index (κ2) is 11.4. The number of primary amides is 1. The van der Waals surface area contributed by atoms with Crippen LogP contribution in [0.5, 0.6) is 0 Å². The number of carbonyl (C=O) groups is 3. The number of benzene rings is 2. The van der Waals surface area contributed by atoms with Gasteiger partial charge in [0.25, 0.3) is 0 Å². The summed E-state index contributed by atoms with van der Waals surface area (Å²) in [5.74, 6) is -0.637. The smallest absolute Gasteiger partial charge is 0.407 e. The Morgan fingerprint density at radius 3 is 2.12 bits per heavy atom. The van der Waals surface area contributed by atoms with Gasteiger partial charge in [0.15, 0.2) is 0 Å². The van der Waals surface area contributed by atoms with Crippen LogP contribution in [0.25, 0.3) is 11.1 Å². The molecule has 0 fully saturated rings. The summed E-state index contributed by atoms with van der Waals surface area (Å²) in [6, 6.07) is 16.4. The van der Waals surface area contributed by atoms with Crippen LogP contribution in [-0.2, 0) is 14.3 Å². The molecule has 0 unspecified atom stereocenters. The molecule has 0 saturated carbocycles. The number of alkyl carbamates (subject to hydrolysis) is 1. The van der Waals surface area contributed by atoms with E-state index in [1.165, 1.54) is 22.3 Å². The Balaban J connectivity index is 0.00000385. The summed E-state index contributed by atoms with van der Waals surface area (Å²) >= 11 is 0. The Morgan fingerprint density at radius 2 is 1.58 bits per heavy atom. The molecule has 3 rings (SSSR count). The molecule has 7 heteroatoms. The fraction of sp³-hybridized carbons (Fsp3) is 0.423. The molecule has 0 spiro atoms. The second-order valence-electron chi connectivity index (χ2n) is 9.19. The molecule has 1 atom stereocenters. The molecule has 33 heavy (non-hydrogen) atoms. The summed E-state index contributed by atoms with van der Waals surface area (Å²) in [6.45, 7) is 5.90. The monoisotopic (exact) mass is 470 g/mol. The summed E-state index contributed by atoms with van der Waals surface area (Å²) in [6.07, 6.45) is 0.940. The first-order chi connectivity index (χ1) is 15.2. The van der Waals surface area contributed by atoms with Crippen LogP contribution in [0.1, 0.15) is 57.1 Å². The van der Waals surface area contributed by atoms with Crippen molar-refractivity contribution in [3.63, 3.8) is 0 Å². The van der Waals surface area contributed by atoms with Crippen molar-refractivity contribution >= 4 is 31.3 Å². The van der Waals surface area contributed by atoms with Crippen molar-refractivity contribution in [3.05, 3.63) is 59.7 Å². The number of ether oxygens (including phenoxy) is 1. The number of ketones is 1. The number of nitrogens with one attached hydrogen (secondary N) is 1. The van der Waals surface area contributed by atoms with Gasteiger partial charge in [-0.05, 0) is 35.1 Å². The Kier molecular flexibility index (Phi) is 9.11. The van der Waals surface area contributed by atoms with Crippen molar-refractivity contribution in [1.29, 1.82) is 0 Å². The zero-order valence-corrected chi connectivity index (χ0v) is 20.5. The first-order valence-corrected chi connectivity index (χ1v) is 11.1. The van der Waals surface area contributed by atoms with Crippen LogP contribution >= 0.6 is 13.5 Å². The van der Waals surface area contributed by atoms with E-state index >= 15 is 0 Å². The van der Waals surface area contributed by atoms with E-state index in [-0.39, 0.29) is 44.1 Å². The molecule has 0 aliphatic heterocycles. The Bertz CT molecular complexity index is 960. The van der Waals surface area contributed by atoms with E-state index in [1.54, 1.807) is 13.8 Å². The lowest BCUT2D eigenvalue weighted by molar-refractivity contribution is -0.133. The van der Waals surface area contributed by atoms with Gasteiger partial charge in [0, 0.05) is 24.8 Å². The maximum absolute atomic E-state index is 12.3. The lowest BCUT2D eigenvalue weighted by Gasteiger charge is -2.21.